The van der Waals surface area contributed by atoms with E-state index in [9.17, 15) is 43.8 Å². The summed E-state index contributed by atoms with van der Waals surface area (Å²) in [5.41, 5.74) is 5.96. The van der Waals surface area contributed by atoms with E-state index in [1.54, 1.807) is 39.8 Å². The molecule has 17 heteroatoms. The predicted octanol–water partition coefficient (Wildman–Crippen LogP) is -1.07. The van der Waals surface area contributed by atoms with Crippen molar-refractivity contribution < 1.29 is 43.8 Å². The smallest absolute Gasteiger partial charge is 0.245 e. The molecule has 0 fully saturated rings. The number of carbonyl (C=O) groups is 7. The summed E-state index contributed by atoms with van der Waals surface area (Å²) >= 11 is 0. The largest absolute Gasteiger partial charge is 0.508 e. The zero-order chi connectivity index (χ0) is 39.8. The number of amides is 7. The fourth-order valence-electron chi connectivity index (χ4n) is 5.50. The van der Waals surface area contributed by atoms with Crippen molar-refractivity contribution in [1.82, 2.24) is 31.9 Å². The van der Waals surface area contributed by atoms with Gasteiger partial charge in [0.2, 0.25) is 41.4 Å². The maximum Gasteiger partial charge on any atom is 0.245 e. The van der Waals surface area contributed by atoms with Gasteiger partial charge in [-0.3, -0.25) is 38.6 Å². The van der Waals surface area contributed by atoms with Crippen molar-refractivity contribution in [2.24, 2.45) is 28.5 Å². The van der Waals surface area contributed by atoms with Crippen LogP contribution in [0.3, 0.4) is 0 Å². The summed E-state index contributed by atoms with van der Waals surface area (Å²) in [6, 6.07) is -0.841. The van der Waals surface area contributed by atoms with Crippen LogP contribution in [-0.2, 0) is 40.0 Å². The number of nitrogens with one attached hydrogen (secondary N) is 6. The van der Waals surface area contributed by atoms with E-state index in [1.807, 2.05) is 13.8 Å². The van der Waals surface area contributed by atoms with Gasteiger partial charge in [-0.25, -0.2) is 0 Å². The molecule has 1 aromatic carbocycles. The number of benzene rings is 1. The van der Waals surface area contributed by atoms with E-state index in [-0.39, 0.29) is 30.9 Å². The van der Waals surface area contributed by atoms with Crippen molar-refractivity contribution >= 4 is 47.6 Å². The Labute approximate surface area is 310 Å². The molecule has 2 rings (SSSR count). The first-order chi connectivity index (χ1) is 24.9. The van der Waals surface area contributed by atoms with Gasteiger partial charge in [-0.1, -0.05) is 60.1 Å². The molecule has 1 heterocycles. The third-order valence-corrected chi connectivity index (χ3v) is 8.78. The number of aromatic hydroxyl groups is 1. The summed E-state index contributed by atoms with van der Waals surface area (Å²) in [7, 11) is 0. The number of carbonyl (C=O) groups excluding carboxylic acids is 7. The summed E-state index contributed by atoms with van der Waals surface area (Å²) in [6.45, 7) is 9.32. The molecule has 10 N–H and O–H groups in total. The fraction of sp³-hybridized carbons (Fsp3) is 0.611. The zero-order valence-electron chi connectivity index (χ0n) is 31.3. The second kappa shape index (κ2) is 21.5. The first-order valence-electron chi connectivity index (χ1n) is 17.9. The Balaban J connectivity index is 2.61. The van der Waals surface area contributed by atoms with Crippen LogP contribution in [0.4, 0.5) is 0 Å². The van der Waals surface area contributed by atoms with Crippen molar-refractivity contribution in [2.45, 2.75) is 110 Å². The van der Waals surface area contributed by atoms with Crippen molar-refractivity contribution in [1.29, 1.82) is 0 Å². The number of phenolic OH excluding ortho intramolecular Hbond substituents is 1. The molecule has 7 atom stereocenters. The third kappa shape index (κ3) is 14.8. The number of aliphatic hydroxyl groups excluding tert-OH is 1. The lowest BCUT2D eigenvalue weighted by atomic mass is 9.97. The quantitative estimate of drug-likeness (QED) is 0.133. The van der Waals surface area contributed by atoms with Crippen LogP contribution in [0.5, 0.6) is 5.75 Å². The topological polar surface area (TPSA) is 271 Å². The Kier molecular flexibility index (Phi) is 17.9. The van der Waals surface area contributed by atoms with Crippen molar-refractivity contribution in [3.8, 4) is 5.75 Å². The fourth-order valence-corrected chi connectivity index (χ4v) is 5.50. The number of nitrogens with two attached hydrogens (primary N) is 1. The van der Waals surface area contributed by atoms with Gasteiger partial charge in [0, 0.05) is 19.1 Å². The molecule has 0 saturated heterocycles. The minimum Gasteiger partial charge on any atom is -0.508 e. The van der Waals surface area contributed by atoms with E-state index in [4.69, 9.17) is 5.73 Å². The lowest BCUT2D eigenvalue weighted by Gasteiger charge is -2.29. The molecule has 0 spiro atoms. The van der Waals surface area contributed by atoms with Gasteiger partial charge < -0.3 is 47.8 Å². The highest BCUT2D eigenvalue weighted by Crippen LogP contribution is 2.14. The second-order valence-electron chi connectivity index (χ2n) is 14.1. The predicted molar refractivity (Wildman–Crippen MR) is 196 cm³/mol. The molecule has 53 heavy (non-hydrogen) atoms. The number of aliphatic imine (C=N–C) groups is 1. The summed E-state index contributed by atoms with van der Waals surface area (Å²) in [5, 5.41) is 35.4. The van der Waals surface area contributed by atoms with E-state index in [0.29, 0.717) is 18.4 Å². The van der Waals surface area contributed by atoms with E-state index in [0.717, 1.165) is 0 Å². The highest BCUT2D eigenvalue weighted by Gasteiger charge is 2.34. The first kappa shape index (κ1) is 44.1. The van der Waals surface area contributed by atoms with E-state index < -0.39 is 103 Å². The average Bonchev–Trinajstić information content (AvgIpc) is 3.09. The Bertz CT molecular complexity index is 1470. The van der Waals surface area contributed by atoms with Crippen molar-refractivity contribution in [3.63, 3.8) is 0 Å². The minimum absolute atomic E-state index is 0.0210. The van der Waals surface area contributed by atoms with Crippen LogP contribution in [0.15, 0.2) is 29.3 Å². The lowest BCUT2D eigenvalue weighted by molar-refractivity contribution is -0.136. The van der Waals surface area contributed by atoms with Gasteiger partial charge in [0.15, 0.2) is 0 Å². The number of rotatable bonds is 11. The molecule has 0 aliphatic carbocycles. The third-order valence-electron chi connectivity index (χ3n) is 8.78. The summed E-state index contributed by atoms with van der Waals surface area (Å²) in [4.78, 5) is 96.9. The van der Waals surface area contributed by atoms with Gasteiger partial charge >= 0.3 is 0 Å². The highest BCUT2D eigenvalue weighted by molar-refractivity contribution is 5.97. The van der Waals surface area contributed by atoms with Gasteiger partial charge in [0.1, 0.15) is 36.0 Å². The molecule has 1 aliphatic heterocycles. The van der Waals surface area contributed by atoms with Gasteiger partial charge in [-0.05, 0) is 48.3 Å². The number of nitrogens with zero attached hydrogens (tertiary/aromatic N) is 1. The monoisotopic (exact) mass is 744 g/mol. The summed E-state index contributed by atoms with van der Waals surface area (Å²) < 4.78 is 0. The molecule has 7 amide bonds. The SMILES string of the molecule is CC[C@H](C)[C@H]1NC(=O)[C@@H](CCC(N)=O)NC(=O)CNC(=O)[C@H](Cc2ccc(O)cc2)N=C[C@H](CC(C)C)NC(=O)[C@H](C(C)C)NC(=O)[C@H](CO)NC1=O. The molecular weight excluding hydrogens is 688 g/mol. The standard InChI is InChI=1S/C36H56N8O9/c1-7-21(6)31-36(53)42-27(18-45)34(51)43-30(20(4)5)35(52)40-23(14-19(2)3)16-38-26(15-22-8-10-24(46)11-9-22)32(49)39-17-29(48)41-25(33(50)44-31)12-13-28(37)47/h8-11,16,19-21,23,25-27,30-31,45-46H,7,12-15,17-18H2,1-6H3,(H2,37,47)(H,39,49)(H,40,52)(H,41,48)(H,42,53)(H,43,51)(H,44,50)/t21-,23-,25+,26-,27-,30-,31+/m0/s1. The van der Waals surface area contributed by atoms with Gasteiger partial charge in [-0.2, -0.15) is 0 Å². The molecule has 1 aromatic rings. The maximum absolute atomic E-state index is 13.7. The zero-order valence-corrected chi connectivity index (χ0v) is 31.3. The van der Waals surface area contributed by atoms with Gasteiger partial charge in [0.25, 0.3) is 0 Å². The molecule has 0 aromatic heterocycles. The number of primary amides is 1. The molecule has 0 bridgehead atoms. The van der Waals surface area contributed by atoms with Crippen LogP contribution in [0.1, 0.15) is 72.8 Å². The second-order valence-corrected chi connectivity index (χ2v) is 14.1. The molecular formula is C36H56N8O9. The van der Waals surface area contributed by atoms with E-state index in [1.165, 1.54) is 18.3 Å². The highest BCUT2D eigenvalue weighted by atomic mass is 16.3. The number of hydrogen-bond acceptors (Lipinski definition) is 10. The molecule has 0 radical (unpaired) electrons. The van der Waals surface area contributed by atoms with Gasteiger partial charge in [0.05, 0.1) is 19.2 Å². The van der Waals surface area contributed by atoms with E-state index >= 15 is 0 Å². The van der Waals surface area contributed by atoms with Gasteiger partial charge in [-0.15, -0.1) is 0 Å². The van der Waals surface area contributed by atoms with Crippen LogP contribution >= 0.6 is 0 Å². The Morgan fingerprint density at radius 3 is 2.00 bits per heavy atom. The van der Waals surface area contributed by atoms with Crippen LogP contribution < -0.4 is 37.6 Å². The Morgan fingerprint density at radius 2 is 1.43 bits per heavy atom. The first-order valence-corrected chi connectivity index (χ1v) is 17.9. The minimum atomic E-state index is -1.50. The number of aliphatic hydroxyl groups is 1. The molecule has 294 valence electrons. The Hall–Kier alpha value is -5.06. The van der Waals surface area contributed by atoms with E-state index in [2.05, 4.69) is 36.9 Å². The Morgan fingerprint density at radius 1 is 0.830 bits per heavy atom. The molecule has 1 aliphatic rings. The number of hydrogen-bond donors (Lipinski definition) is 9. The average molecular weight is 745 g/mol. The molecule has 17 nitrogen and oxygen atoms in total. The summed E-state index contributed by atoms with van der Waals surface area (Å²) in [6.07, 6.45) is 1.79. The van der Waals surface area contributed by atoms with Crippen LogP contribution in [0.2, 0.25) is 0 Å². The van der Waals surface area contributed by atoms with Crippen molar-refractivity contribution in [3.05, 3.63) is 29.8 Å². The maximum atomic E-state index is 13.7. The van der Waals surface area contributed by atoms with Crippen LogP contribution in [0, 0.1) is 17.8 Å². The number of phenols is 1. The lowest BCUT2D eigenvalue weighted by Crippen LogP contribution is -2.61. The van der Waals surface area contributed by atoms with Crippen LogP contribution in [-0.4, -0.2) is 107 Å². The van der Waals surface area contributed by atoms with Crippen LogP contribution in [0.25, 0.3) is 0 Å². The summed E-state index contributed by atoms with van der Waals surface area (Å²) in [5.74, 6) is -6.07. The normalized spacial score (nSPS) is 24.9. The molecule has 0 saturated carbocycles. The van der Waals surface area contributed by atoms with Crippen molar-refractivity contribution in [2.75, 3.05) is 13.2 Å². The molecule has 0 unspecified atom stereocenters.